The molecule has 0 saturated heterocycles. The zero-order valence-corrected chi connectivity index (χ0v) is 9.03. The van der Waals surface area contributed by atoms with Gasteiger partial charge in [0.25, 0.3) is 0 Å². The summed E-state index contributed by atoms with van der Waals surface area (Å²) in [6, 6.07) is 9.24. The van der Waals surface area contributed by atoms with Gasteiger partial charge in [-0.05, 0) is 24.3 Å². The molecule has 3 rings (SSSR count). The lowest BCUT2D eigenvalue weighted by molar-refractivity contribution is 0.104. The number of aromatic nitrogens is 1. The van der Waals surface area contributed by atoms with Crippen LogP contribution in [0.4, 0.5) is 11.4 Å². The third-order valence-corrected chi connectivity index (χ3v) is 2.71. The number of allylic oxidation sites excluding steroid dienone is 1. The Balaban J connectivity index is 1.99. The van der Waals surface area contributed by atoms with E-state index >= 15 is 0 Å². The average Bonchev–Trinajstić information content (AvgIpc) is 2.86. The van der Waals surface area contributed by atoms with Crippen molar-refractivity contribution in [1.82, 2.24) is 4.98 Å². The third-order valence-electron chi connectivity index (χ3n) is 2.71. The average molecular weight is 225 g/mol. The summed E-state index contributed by atoms with van der Waals surface area (Å²) < 4.78 is 0. The van der Waals surface area contributed by atoms with Crippen molar-refractivity contribution in [3.63, 3.8) is 0 Å². The van der Waals surface area contributed by atoms with Crippen LogP contribution in [-0.2, 0) is 0 Å². The van der Waals surface area contributed by atoms with E-state index in [2.05, 4.69) is 10.3 Å². The molecular weight excluding hydrogens is 214 g/mol. The van der Waals surface area contributed by atoms with Crippen LogP contribution in [0.2, 0.25) is 0 Å². The molecule has 84 valence electrons. The second-order valence-electron chi connectivity index (χ2n) is 3.95. The Labute approximate surface area is 98.1 Å². The summed E-state index contributed by atoms with van der Waals surface area (Å²) in [7, 11) is 0. The number of anilines is 2. The number of nitrogen functional groups attached to an aromatic ring is 1. The largest absolute Gasteiger partial charge is 0.397 e. The highest BCUT2D eigenvalue weighted by atomic mass is 16.1. The Morgan fingerprint density at radius 1 is 1.24 bits per heavy atom. The lowest BCUT2D eigenvalue weighted by Gasteiger charge is -1.96. The van der Waals surface area contributed by atoms with E-state index in [-0.39, 0.29) is 5.78 Å². The summed E-state index contributed by atoms with van der Waals surface area (Å²) in [5, 5.41) is 3.09. The minimum absolute atomic E-state index is 0.00812. The van der Waals surface area contributed by atoms with Gasteiger partial charge in [0, 0.05) is 28.8 Å². The highest BCUT2D eigenvalue weighted by Gasteiger charge is 2.23. The van der Waals surface area contributed by atoms with E-state index in [0.29, 0.717) is 16.9 Å². The fraction of sp³-hybridized carbons (Fsp3) is 0. The van der Waals surface area contributed by atoms with Gasteiger partial charge in [-0.2, -0.15) is 0 Å². The SMILES string of the molecule is Nc1c[nH]c(/C=C2/Nc3ccccc3C2=O)c1. The van der Waals surface area contributed by atoms with Gasteiger partial charge in [-0.15, -0.1) is 0 Å². The van der Waals surface area contributed by atoms with Crippen LogP contribution in [0.25, 0.3) is 6.08 Å². The summed E-state index contributed by atoms with van der Waals surface area (Å²) in [6.45, 7) is 0. The summed E-state index contributed by atoms with van der Waals surface area (Å²) in [6.07, 6.45) is 3.46. The van der Waals surface area contributed by atoms with Crippen molar-refractivity contribution < 1.29 is 4.79 Å². The summed E-state index contributed by atoms with van der Waals surface area (Å²) in [5.41, 5.74) is 9.19. The maximum Gasteiger partial charge on any atom is 0.211 e. The standard InChI is InChI=1S/C13H11N3O/c14-8-5-9(15-7-8)6-12-13(17)10-3-1-2-4-11(10)16-12/h1-7,15-16H,14H2/b12-6+. The number of carbonyl (C=O) groups is 1. The molecule has 0 amide bonds. The van der Waals surface area contributed by atoms with Gasteiger partial charge in [0.05, 0.1) is 5.70 Å². The molecule has 1 aromatic heterocycles. The molecule has 0 aliphatic carbocycles. The second kappa shape index (κ2) is 3.52. The number of hydrogen-bond acceptors (Lipinski definition) is 3. The van der Waals surface area contributed by atoms with E-state index in [0.717, 1.165) is 11.4 Å². The Morgan fingerprint density at radius 3 is 2.76 bits per heavy atom. The van der Waals surface area contributed by atoms with Crippen LogP contribution in [0.3, 0.4) is 0 Å². The maximum atomic E-state index is 12.0. The number of hydrogen-bond donors (Lipinski definition) is 3. The first-order chi connectivity index (χ1) is 8.24. The molecule has 1 aliphatic rings. The van der Waals surface area contributed by atoms with Crippen LogP contribution in [-0.4, -0.2) is 10.8 Å². The normalized spacial score (nSPS) is 16.0. The number of nitrogens with two attached hydrogens (primary N) is 1. The fourth-order valence-electron chi connectivity index (χ4n) is 1.91. The number of rotatable bonds is 1. The third kappa shape index (κ3) is 1.59. The fourth-order valence-corrected chi connectivity index (χ4v) is 1.91. The first kappa shape index (κ1) is 9.72. The number of carbonyl (C=O) groups excluding carboxylic acids is 1. The number of fused-ring (bicyclic) bond motifs is 1. The van der Waals surface area contributed by atoms with Gasteiger partial charge < -0.3 is 16.0 Å². The van der Waals surface area contributed by atoms with Gasteiger partial charge in [-0.25, -0.2) is 0 Å². The zero-order chi connectivity index (χ0) is 11.8. The zero-order valence-electron chi connectivity index (χ0n) is 9.03. The lowest BCUT2D eigenvalue weighted by Crippen LogP contribution is -1.99. The molecule has 2 aromatic rings. The molecule has 1 aromatic carbocycles. The van der Waals surface area contributed by atoms with Crippen LogP contribution in [0, 0.1) is 0 Å². The number of aromatic amines is 1. The minimum Gasteiger partial charge on any atom is -0.397 e. The molecule has 4 N–H and O–H groups in total. The quantitative estimate of drug-likeness (QED) is 0.652. The molecular formula is C13H11N3O. The van der Waals surface area contributed by atoms with E-state index in [9.17, 15) is 4.79 Å². The molecule has 4 heteroatoms. The van der Waals surface area contributed by atoms with Crippen LogP contribution in [0.15, 0.2) is 42.2 Å². The van der Waals surface area contributed by atoms with Gasteiger partial charge >= 0.3 is 0 Å². The van der Waals surface area contributed by atoms with Crippen LogP contribution >= 0.6 is 0 Å². The Kier molecular flexibility index (Phi) is 2.01. The minimum atomic E-state index is 0.00812. The predicted molar refractivity (Wildman–Crippen MR) is 67.6 cm³/mol. The molecule has 0 radical (unpaired) electrons. The predicted octanol–water partition coefficient (Wildman–Crippen LogP) is 2.25. The maximum absolute atomic E-state index is 12.0. The van der Waals surface area contributed by atoms with Gasteiger partial charge in [0.15, 0.2) is 0 Å². The van der Waals surface area contributed by atoms with Crippen molar-refractivity contribution in [3.8, 4) is 0 Å². The number of H-pyrrole nitrogens is 1. The van der Waals surface area contributed by atoms with E-state index in [1.807, 2.05) is 24.3 Å². The van der Waals surface area contributed by atoms with E-state index in [1.165, 1.54) is 0 Å². The topological polar surface area (TPSA) is 70.9 Å². The monoisotopic (exact) mass is 225 g/mol. The Bertz CT molecular complexity index is 625. The molecule has 0 atom stereocenters. The Morgan fingerprint density at radius 2 is 2.06 bits per heavy atom. The molecule has 0 fully saturated rings. The molecule has 2 heterocycles. The van der Waals surface area contributed by atoms with E-state index < -0.39 is 0 Å². The molecule has 0 spiro atoms. The van der Waals surface area contributed by atoms with Crippen molar-refractivity contribution in [2.24, 2.45) is 0 Å². The summed E-state index contributed by atoms with van der Waals surface area (Å²) in [5.74, 6) is 0.00812. The van der Waals surface area contributed by atoms with E-state index in [1.54, 1.807) is 18.3 Å². The first-order valence-corrected chi connectivity index (χ1v) is 5.30. The first-order valence-electron chi connectivity index (χ1n) is 5.30. The number of nitrogens with one attached hydrogen (secondary N) is 2. The van der Waals surface area contributed by atoms with E-state index in [4.69, 9.17) is 5.73 Å². The molecule has 0 bridgehead atoms. The van der Waals surface area contributed by atoms with Gasteiger partial charge in [-0.3, -0.25) is 4.79 Å². The summed E-state index contributed by atoms with van der Waals surface area (Å²) in [4.78, 5) is 15.0. The van der Waals surface area contributed by atoms with Crippen LogP contribution in [0.1, 0.15) is 16.1 Å². The lowest BCUT2D eigenvalue weighted by atomic mass is 10.1. The van der Waals surface area contributed by atoms with Crippen molar-refractivity contribution in [1.29, 1.82) is 0 Å². The smallest absolute Gasteiger partial charge is 0.211 e. The number of benzene rings is 1. The second-order valence-corrected chi connectivity index (χ2v) is 3.95. The molecule has 0 unspecified atom stereocenters. The highest BCUT2D eigenvalue weighted by molar-refractivity contribution is 6.20. The van der Waals surface area contributed by atoms with Crippen molar-refractivity contribution in [2.45, 2.75) is 0 Å². The number of Topliss-reactive ketones (excluding diaryl/α,β-unsaturated/α-hetero) is 1. The van der Waals surface area contributed by atoms with Gasteiger partial charge in [0.1, 0.15) is 0 Å². The van der Waals surface area contributed by atoms with Gasteiger partial charge in [-0.1, -0.05) is 12.1 Å². The molecule has 0 saturated carbocycles. The highest BCUT2D eigenvalue weighted by Crippen LogP contribution is 2.28. The Hall–Kier alpha value is -2.49. The molecule has 4 nitrogen and oxygen atoms in total. The van der Waals surface area contributed by atoms with Crippen molar-refractivity contribution in [2.75, 3.05) is 11.1 Å². The van der Waals surface area contributed by atoms with Gasteiger partial charge in [0.2, 0.25) is 5.78 Å². The van der Waals surface area contributed by atoms with Crippen molar-refractivity contribution >= 4 is 23.2 Å². The van der Waals surface area contributed by atoms with Crippen molar-refractivity contribution in [3.05, 3.63) is 53.5 Å². The number of ketones is 1. The molecule has 17 heavy (non-hydrogen) atoms. The number of para-hydroxylation sites is 1. The molecule has 1 aliphatic heterocycles. The summed E-state index contributed by atoms with van der Waals surface area (Å²) >= 11 is 0. The van der Waals surface area contributed by atoms with Crippen LogP contribution < -0.4 is 11.1 Å². The van der Waals surface area contributed by atoms with Crippen LogP contribution in [0.5, 0.6) is 0 Å².